The van der Waals surface area contributed by atoms with Crippen LogP contribution in [-0.2, 0) is 16.1 Å². The number of Topliss-reactive ketones (excluding diaryl/α,β-unsaturated/α-hetero) is 1. The van der Waals surface area contributed by atoms with Crippen molar-refractivity contribution in [1.29, 1.82) is 5.26 Å². The van der Waals surface area contributed by atoms with Crippen LogP contribution in [0.3, 0.4) is 0 Å². The van der Waals surface area contributed by atoms with E-state index in [0.29, 0.717) is 29.7 Å². The summed E-state index contributed by atoms with van der Waals surface area (Å²) < 4.78 is 4.94. The second kappa shape index (κ2) is 16.4. The average molecular weight is 629 g/mol. The molecule has 12 nitrogen and oxygen atoms in total. The minimum absolute atomic E-state index is 0.0224. The first kappa shape index (κ1) is 35.5. The van der Waals surface area contributed by atoms with Gasteiger partial charge in [0.25, 0.3) is 11.8 Å². The summed E-state index contributed by atoms with van der Waals surface area (Å²) in [7, 11) is 0. The van der Waals surface area contributed by atoms with Gasteiger partial charge in [-0.3, -0.25) is 14.4 Å². The zero-order valence-corrected chi connectivity index (χ0v) is 26.6. The van der Waals surface area contributed by atoms with Gasteiger partial charge >= 0.3 is 0 Å². The topological polar surface area (TPSA) is 186 Å². The Kier molecular flexibility index (Phi) is 12.6. The summed E-state index contributed by atoms with van der Waals surface area (Å²) >= 11 is 0. The third-order valence-electron chi connectivity index (χ3n) is 6.76. The van der Waals surface area contributed by atoms with Crippen molar-refractivity contribution in [3.63, 3.8) is 0 Å². The Morgan fingerprint density at radius 3 is 2.39 bits per heavy atom. The molecule has 12 heteroatoms. The van der Waals surface area contributed by atoms with Crippen molar-refractivity contribution in [2.24, 2.45) is 0 Å². The van der Waals surface area contributed by atoms with Crippen LogP contribution in [-0.4, -0.2) is 71.0 Å². The van der Waals surface area contributed by atoms with E-state index >= 15 is 0 Å². The number of aryl methyl sites for hydroxylation is 2. The zero-order chi connectivity index (χ0) is 33.9. The van der Waals surface area contributed by atoms with Crippen molar-refractivity contribution in [2.75, 3.05) is 13.1 Å². The molecule has 0 unspecified atom stereocenters. The number of aromatic nitrogens is 1. The first-order chi connectivity index (χ1) is 21.8. The van der Waals surface area contributed by atoms with Crippen molar-refractivity contribution in [1.82, 2.24) is 26.4 Å². The Bertz CT molecular complexity index is 1600. The van der Waals surface area contributed by atoms with Crippen molar-refractivity contribution in [3.8, 4) is 6.07 Å². The van der Waals surface area contributed by atoms with Crippen molar-refractivity contribution in [3.05, 3.63) is 93.9 Å². The van der Waals surface area contributed by atoms with Gasteiger partial charge in [-0.15, -0.1) is 0 Å². The number of amides is 2. The number of aliphatic hydroxyl groups is 1. The highest BCUT2D eigenvalue weighted by Crippen LogP contribution is 2.14. The molecule has 46 heavy (non-hydrogen) atoms. The molecule has 0 saturated carbocycles. The molecular formula is C34H40N6O6. The van der Waals surface area contributed by atoms with E-state index < -0.39 is 35.5 Å². The average Bonchev–Trinajstić information content (AvgIpc) is 3.46. The minimum Gasteiger partial charge on any atom is -0.383 e. The molecule has 3 aromatic rings. The molecule has 0 fully saturated rings. The molecule has 3 rings (SSSR count). The monoisotopic (exact) mass is 628 g/mol. The number of carbonyl (C=O) groups excluding carboxylic acids is 4. The molecular weight excluding hydrogens is 588 g/mol. The fourth-order valence-electron chi connectivity index (χ4n) is 4.37. The molecule has 0 saturated heterocycles. The fraction of sp³-hybridized carbons (Fsp3) is 0.353. The van der Waals surface area contributed by atoms with Crippen LogP contribution < -0.4 is 21.3 Å². The van der Waals surface area contributed by atoms with E-state index in [0.717, 1.165) is 11.1 Å². The number of hydrogen-bond acceptors (Lipinski definition) is 10. The first-order valence-electron chi connectivity index (χ1n) is 14.8. The molecule has 3 atom stereocenters. The van der Waals surface area contributed by atoms with Crippen LogP contribution in [0.1, 0.15) is 64.1 Å². The molecule has 5 N–H and O–H groups in total. The van der Waals surface area contributed by atoms with Gasteiger partial charge in [0.05, 0.1) is 12.1 Å². The molecule has 2 aromatic carbocycles. The van der Waals surface area contributed by atoms with E-state index in [1.807, 2.05) is 37.3 Å². The van der Waals surface area contributed by atoms with Gasteiger partial charge in [0.2, 0.25) is 0 Å². The summed E-state index contributed by atoms with van der Waals surface area (Å²) in [4.78, 5) is 50.6. The highest BCUT2D eigenvalue weighted by Gasteiger charge is 2.27. The Labute approximate surface area is 268 Å². The molecule has 0 spiro atoms. The molecule has 0 aliphatic rings. The smallest absolute Gasteiger partial charge is 0.273 e. The van der Waals surface area contributed by atoms with Crippen molar-refractivity contribution >= 4 is 30.0 Å². The van der Waals surface area contributed by atoms with E-state index in [4.69, 9.17) is 4.52 Å². The van der Waals surface area contributed by atoms with Gasteiger partial charge < -0.3 is 35.7 Å². The maximum Gasteiger partial charge on any atom is 0.273 e. The predicted molar refractivity (Wildman–Crippen MR) is 171 cm³/mol. The quantitative estimate of drug-likeness (QED) is 0.0724. The third kappa shape index (κ3) is 10.9. The molecule has 0 bridgehead atoms. The molecule has 1 heterocycles. The van der Waals surface area contributed by atoms with Gasteiger partial charge in [-0.1, -0.05) is 53.2 Å². The van der Waals surface area contributed by atoms with Gasteiger partial charge in [-0.25, -0.2) is 0 Å². The Morgan fingerprint density at radius 1 is 1.07 bits per heavy atom. The number of carbonyl (C=O) groups is 4. The second-order valence-electron chi connectivity index (χ2n) is 12.0. The maximum absolute atomic E-state index is 13.9. The summed E-state index contributed by atoms with van der Waals surface area (Å²) in [5, 5.41) is 35.3. The van der Waals surface area contributed by atoms with E-state index in [9.17, 15) is 29.5 Å². The van der Waals surface area contributed by atoms with Crippen molar-refractivity contribution in [2.45, 2.75) is 64.9 Å². The Morgan fingerprint density at radius 2 is 1.78 bits per heavy atom. The van der Waals surface area contributed by atoms with E-state index in [2.05, 4.69) is 26.4 Å². The molecule has 242 valence electrons. The summed E-state index contributed by atoms with van der Waals surface area (Å²) in [5.74, 6) is -1.11. The lowest BCUT2D eigenvalue weighted by Crippen LogP contribution is -2.54. The standard InChI is InChI=1S/C34H40N6O6/c1-21-9-11-23(12-10-21)17-36-18-29(37-19-28(30(42)20-41)38-33(45)27-13-22(2)46-40-27)31(43)25-8-6-7-24(14-25)15-26(16-35)32(44)39-34(3,4)5/h6-15,20,28-30,36-37,42H,17-19H2,1-5H3,(H,38,45)(H,39,44)/t28-,29-,30-/m0/s1. The summed E-state index contributed by atoms with van der Waals surface area (Å²) in [6, 6.07) is 15.8. The largest absolute Gasteiger partial charge is 0.383 e. The number of nitrogens with zero attached hydrogens (tertiary/aromatic N) is 2. The number of nitriles is 1. The van der Waals surface area contributed by atoms with Gasteiger partial charge in [-0.05, 0) is 57.9 Å². The lowest BCUT2D eigenvalue weighted by molar-refractivity contribution is -0.118. The van der Waals surface area contributed by atoms with Crippen LogP contribution in [0, 0.1) is 25.2 Å². The van der Waals surface area contributed by atoms with Crippen molar-refractivity contribution < 1.29 is 28.8 Å². The Hall–Kier alpha value is -4.96. The lowest BCUT2D eigenvalue weighted by Gasteiger charge is -2.25. The van der Waals surface area contributed by atoms with Gasteiger partial charge in [0.15, 0.2) is 17.8 Å². The summed E-state index contributed by atoms with van der Waals surface area (Å²) in [6.45, 7) is 9.50. The summed E-state index contributed by atoms with van der Waals surface area (Å²) in [6.07, 6.45) is 0.136. The van der Waals surface area contributed by atoms with Crippen LogP contribution in [0.2, 0.25) is 0 Å². The molecule has 0 aliphatic heterocycles. The lowest BCUT2D eigenvalue weighted by atomic mass is 9.99. The van der Waals surface area contributed by atoms with E-state index in [-0.39, 0.29) is 30.1 Å². The van der Waals surface area contributed by atoms with Crippen LogP contribution in [0.15, 0.2) is 64.7 Å². The number of rotatable bonds is 15. The number of aldehydes is 1. The second-order valence-corrected chi connectivity index (χ2v) is 12.0. The molecule has 1 aromatic heterocycles. The molecule has 0 radical (unpaired) electrons. The minimum atomic E-state index is -1.57. The number of benzene rings is 2. The first-order valence-corrected chi connectivity index (χ1v) is 14.8. The highest BCUT2D eigenvalue weighted by atomic mass is 16.5. The highest BCUT2D eigenvalue weighted by molar-refractivity contribution is 6.03. The SMILES string of the molecule is Cc1ccc(CNC[C@H](NC[C@H](NC(=O)c2cc(C)on2)[C@@H](O)C=O)C(=O)c2cccc(C=C(C#N)C(=O)NC(C)(C)C)c2)cc1. The Balaban J connectivity index is 1.83. The predicted octanol–water partition coefficient (Wildman–Crippen LogP) is 2.40. The van der Waals surface area contributed by atoms with Gasteiger partial charge in [-0.2, -0.15) is 5.26 Å². The van der Waals surface area contributed by atoms with E-state index in [1.165, 1.54) is 12.1 Å². The fourth-order valence-corrected chi connectivity index (χ4v) is 4.37. The molecule has 0 aliphatic carbocycles. The zero-order valence-electron chi connectivity index (χ0n) is 26.6. The third-order valence-corrected chi connectivity index (χ3v) is 6.76. The van der Waals surface area contributed by atoms with E-state index in [1.54, 1.807) is 52.0 Å². The number of ketones is 1. The number of nitrogens with one attached hydrogen (secondary N) is 4. The van der Waals surface area contributed by atoms with Crippen LogP contribution in [0.5, 0.6) is 0 Å². The maximum atomic E-state index is 13.9. The van der Waals surface area contributed by atoms with Gasteiger partial charge in [0, 0.05) is 36.8 Å². The van der Waals surface area contributed by atoms with Crippen LogP contribution in [0.25, 0.3) is 6.08 Å². The van der Waals surface area contributed by atoms with Gasteiger partial charge in [0.1, 0.15) is 23.5 Å². The van der Waals surface area contributed by atoms with Crippen LogP contribution >= 0.6 is 0 Å². The number of hydrogen-bond donors (Lipinski definition) is 5. The van der Waals surface area contributed by atoms with Crippen LogP contribution in [0.4, 0.5) is 0 Å². The molecule has 2 amide bonds. The number of aliphatic hydroxyl groups excluding tert-OH is 1. The normalized spacial score (nSPS) is 13.6. The summed E-state index contributed by atoms with van der Waals surface area (Å²) in [5.41, 5.74) is 2.21.